The van der Waals surface area contributed by atoms with Crippen molar-refractivity contribution in [2.24, 2.45) is 0 Å². The highest BCUT2D eigenvalue weighted by Gasteiger charge is 2.20. The van der Waals surface area contributed by atoms with Crippen LogP contribution in [0.25, 0.3) is 11.0 Å². The van der Waals surface area contributed by atoms with Gasteiger partial charge in [-0.15, -0.1) is 0 Å². The molecule has 0 unspecified atom stereocenters. The molecule has 0 aliphatic rings. The summed E-state index contributed by atoms with van der Waals surface area (Å²) in [7, 11) is 0. The number of hydrogen-bond acceptors (Lipinski definition) is 5. The smallest absolute Gasteiger partial charge is 0.258 e. The molecular formula is C6H2BrN3O3. The lowest BCUT2D eigenvalue weighted by molar-refractivity contribution is -0.384. The minimum Gasteiger partial charge on any atom is -0.258 e. The van der Waals surface area contributed by atoms with E-state index in [4.69, 9.17) is 0 Å². The molecule has 1 aromatic heterocycles. The number of hydrogen-bond donors (Lipinski definition) is 0. The molecule has 6 nitrogen and oxygen atoms in total. The van der Waals surface area contributed by atoms with E-state index in [1.807, 2.05) is 0 Å². The Balaban J connectivity index is 2.88. The Labute approximate surface area is 79.8 Å². The van der Waals surface area contributed by atoms with E-state index in [2.05, 4.69) is 30.9 Å². The van der Waals surface area contributed by atoms with Crippen molar-refractivity contribution in [2.45, 2.75) is 0 Å². The molecule has 0 saturated carbocycles. The minimum atomic E-state index is -0.531. The fraction of sp³-hybridized carbons (Fsp3) is 0. The van der Waals surface area contributed by atoms with Gasteiger partial charge in [-0.25, -0.2) is 4.63 Å². The standard InChI is InChI=1S/C6H2BrN3O3/c7-3-1-2-4-5(9-13-8-4)6(3)10(11)12/h1-2H. The quantitative estimate of drug-likeness (QED) is 0.565. The highest BCUT2D eigenvalue weighted by molar-refractivity contribution is 9.10. The number of halogens is 1. The summed E-state index contributed by atoms with van der Waals surface area (Å²) in [6, 6.07) is 3.12. The Morgan fingerprint density at radius 2 is 2.23 bits per heavy atom. The van der Waals surface area contributed by atoms with Gasteiger partial charge >= 0.3 is 5.69 Å². The van der Waals surface area contributed by atoms with E-state index in [0.29, 0.717) is 9.99 Å². The summed E-state index contributed by atoms with van der Waals surface area (Å²) in [4.78, 5) is 10.1. The molecule has 0 fully saturated rings. The summed E-state index contributed by atoms with van der Waals surface area (Å²) >= 11 is 3.05. The minimum absolute atomic E-state index is 0.126. The lowest BCUT2D eigenvalue weighted by Crippen LogP contribution is -1.90. The fourth-order valence-corrected chi connectivity index (χ4v) is 1.45. The van der Waals surface area contributed by atoms with E-state index in [1.165, 1.54) is 6.07 Å². The first-order valence-electron chi connectivity index (χ1n) is 3.25. The predicted molar refractivity (Wildman–Crippen MR) is 46.2 cm³/mol. The van der Waals surface area contributed by atoms with Gasteiger partial charge in [0.15, 0.2) is 0 Å². The Hall–Kier alpha value is -1.50. The third-order valence-corrected chi connectivity index (χ3v) is 2.17. The number of rotatable bonds is 1. The van der Waals surface area contributed by atoms with Gasteiger partial charge in [0.2, 0.25) is 5.52 Å². The summed E-state index contributed by atoms with van der Waals surface area (Å²) in [5, 5.41) is 17.5. The van der Waals surface area contributed by atoms with E-state index in [1.54, 1.807) is 6.07 Å². The van der Waals surface area contributed by atoms with Gasteiger partial charge < -0.3 is 0 Å². The first-order valence-corrected chi connectivity index (χ1v) is 4.04. The summed E-state index contributed by atoms with van der Waals surface area (Å²) in [5.41, 5.74) is 0.396. The number of benzene rings is 1. The Kier molecular flexibility index (Phi) is 1.73. The van der Waals surface area contributed by atoms with Gasteiger partial charge in [0.05, 0.1) is 9.40 Å². The van der Waals surface area contributed by atoms with Crippen LogP contribution in [-0.4, -0.2) is 15.2 Å². The van der Waals surface area contributed by atoms with Crippen LogP contribution in [0.15, 0.2) is 21.2 Å². The number of aromatic nitrogens is 2. The van der Waals surface area contributed by atoms with Gasteiger partial charge in [-0.3, -0.25) is 10.1 Å². The zero-order valence-corrected chi connectivity index (χ0v) is 7.69. The number of nitro groups is 1. The monoisotopic (exact) mass is 243 g/mol. The second-order valence-corrected chi connectivity index (χ2v) is 3.14. The highest BCUT2D eigenvalue weighted by Crippen LogP contribution is 2.30. The van der Waals surface area contributed by atoms with Crippen LogP contribution in [0.3, 0.4) is 0 Å². The van der Waals surface area contributed by atoms with Crippen molar-refractivity contribution in [1.82, 2.24) is 10.3 Å². The van der Waals surface area contributed by atoms with E-state index in [9.17, 15) is 10.1 Å². The maximum atomic E-state index is 10.6. The van der Waals surface area contributed by atoms with E-state index in [0.717, 1.165) is 0 Å². The van der Waals surface area contributed by atoms with Crippen molar-refractivity contribution in [1.29, 1.82) is 0 Å². The molecule has 0 saturated heterocycles. The van der Waals surface area contributed by atoms with Crippen LogP contribution in [-0.2, 0) is 0 Å². The Morgan fingerprint density at radius 1 is 1.46 bits per heavy atom. The zero-order chi connectivity index (χ0) is 9.42. The SMILES string of the molecule is O=[N+]([O-])c1c(Br)ccc2nonc12. The van der Waals surface area contributed by atoms with Crippen molar-refractivity contribution >= 4 is 32.7 Å². The van der Waals surface area contributed by atoms with Crippen LogP contribution < -0.4 is 0 Å². The molecule has 0 N–H and O–H groups in total. The molecule has 1 aromatic carbocycles. The Bertz CT molecular complexity index is 481. The van der Waals surface area contributed by atoms with Crippen molar-refractivity contribution in [2.75, 3.05) is 0 Å². The van der Waals surface area contributed by atoms with Gasteiger partial charge in [-0.1, -0.05) is 0 Å². The van der Waals surface area contributed by atoms with Crippen molar-refractivity contribution in [3.8, 4) is 0 Å². The molecule has 13 heavy (non-hydrogen) atoms. The van der Waals surface area contributed by atoms with Crippen LogP contribution in [0.5, 0.6) is 0 Å². The molecule has 7 heteroatoms. The Morgan fingerprint density at radius 3 is 2.92 bits per heavy atom. The zero-order valence-electron chi connectivity index (χ0n) is 6.10. The number of nitro benzene ring substituents is 1. The maximum Gasteiger partial charge on any atom is 0.314 e. The van der Waals surface area contributed by atoms with E-state index in [-0.39, 0.29) is 11.2 Å². The largest absolute Gasteiger partial charge is 0.314 e. The number of nitrogens with zero attached hydrogens (tertiary/aromatic N) is 3. The summed E-state index contributed by atoms with van der Waals surface area (Å²) in [6.07, 6.45) is 0. The molecule has 0 bridgehead atoms. The van der Waals surface area contributed by atoms with Crippen molar-refractivity contribution in [3.63, 3.8) is 0 Å². The highest BCUT2D eigenvalue weighted by atomic mass is 79.9. The summed E-state index contributed by atoms with van der Waals surface area (Å²) < 4.78 is 4.75. The molecule has 0 amide bonds. The number of fused-ring (bicyclic) bond motifs is 1. The van der Waals surface area contributed by atoms with Crippen LogP contribution in [0.2, 0.25) is 0 Å². The van der Waals surface area contributed by atoms with Crippen LogP contribution in [0.4, 0.5) is 5.69 Å². The van der Waals surface area contributed by atoms with Crippen LogP contribution in [0, 0.1) is 10.1 Å². The molecular weight excluding hydrogens is 242 g/mol. The molecule has 2 aromatic rings. The molecule has 66 valence electrons. The second kappa shape index (κ2) is 2.77. The average molecular weight is 244 g/mol. The van der Waals surface area contributed by atoms with E-state index >= 15 is 0 Å². The predicted octanol–water partition coefficient (Wildman–Crippen LogP) is 1.89. The van der Waals surface area contributed by atoms with Gasteiger partial charge in [-0.2, -0.15) is 0 Å². The van der Waals surface area contributed by atoms with Crippen LogP contribution >= 0.6 is 15.9 Å². The second-order valence-electron chi connectivity index (χ2n) is 2.29. The van der Waals surface area contributed by atoms with Crippen molar-refractivity contribution < 1.29 is 9.55 Å². The maximum absolute atomic E-state index is 10.6. The van der Waals surface area contributed by atoms with E-state index < -0.39 is 4.92 Å². The molecule has 0 aliphatic heterocycles. The fourth-order valence-electron chi connectivity index (χ4n) is 0.987. The molecule has 0 spiro atoms. The topological polar surface area (TPSA) is 82.1 Å². The van der Waals surface area contributed by atoms with Crippen molar-refractivity contribution in [3.05, 3.63) is 26.7 Å². The van der Waals surface area contributed by atoms with Gasteiger partial charge in [0, 0.05) is 0 Å². The first kappa shape index (κ1) is 8.11. The average Bonchev–Trinajstić information content (AvgIpc) is 2.50. The lowest BCUT2D eigenvalue weighted by Gasteiger charge is -1.92. The molecule has 2 rings (SSSR count). The normalized spacial score (nSPS) is 10.5. The van der Waals surface area contributed by atoms with Gasteiger partial charge in [0.25, 0.3) is 0 Å². The molecule has 1 heterocycles. The van der Waals surface area contributed by atoms with Gasteiger partial charge in [0.1, 0.15) is 5.52 Å². The third kappa shape index (κ3) is 1.17. The molecule has 0 atom stereocenters. The summed E-state index contributed by atoms with van der Waals surface area (Å²) in [5.74, 6) is 0. The summed E-state index contributed by atoms with van der Waals surface area (Å²) in [6.45, 7) is 0. The lowest BCUT2D eigenvalue weighted by atomic mass is 10.3. The van der Waals surface area contributed by atoms with Gasteiger partial charge in [-0.05, 0) is 38.4 Å². The first-order chi connectivity index (χ1) is 6.20. The third-order valence-electron chi connectivity index (χ3n) is 1.53. The molecule has 0 radical (unpaired) electrons. The molecule has 0 aliphatic carbocycles. The van der Waals surface area contributed by atoms with Crippen LogP contribution in [0.1, 0.15) is 0 Å².